The summed E-state index contributed by atoms with van der Waals surface area (Å²) in [5.74, 6) is -0.0608. The largest absolute Gasteiger partial charge is 0.506 e. The topological polar surface area (TPSA) is 114 Å². The zero-order valence-corrected chi connectivity index (χ0v) is 23.3. The number of rotatable bonds is 11. The lowest BCUT2D eigenvalue weighted by atomic mass is 9.92. The number of hydrogen-bond donors (Lipinski definition) is 5. The first kappa shape index (κ1) is 28.4. The summed E-state index contributed by atoms with van der Waals surface area (Å²) in [5.41, 5.74) is 3.38. The molecule has 0 bridgehead atoms. The van der Waals surface area contributed by atoms with Crippen LogP contribution < -0.4 is 16.2 Å². The summed E-state index contributed by atoms with van der Waals surface area (Å²) in [4.78, 5) is 28.1. The molecule has 4 aromatic rings. The molecule has 0 aliphatic heterocycles. The standard InChI is InChI=1S/C31H35N3O4S/c1-31(2,33-19-27(36)24-11-13-26(35)30-25(24)12-14-28(37)34-30)17-22-6-4-5-21(15-22)16-29(38)32-18-20-7-9-23(39-3)10-8-20/h4-15,27,33,35-36H,16-19H2,1-3H3,(H,32,38)(H,34,37)/t27-/m0/s1. The maximum atomic E-state index is 12.6. The second-order valence-corrected chi connectivity index (χ2v) is 11.2. The van der Waals surface area contributed by atoms with Crippen LogP contribution in [0, 0.1) is 0 Å². The van der Waals surface area contributed by atoms with E-state index in [2.05, 4.69) is 47.7 Å². The minimum absolute atomic E-state index is 0.0240. The van der Waals surface area contributed by atoms with E-state index in [0.717, 1.165) is 16.7 Å². The molecule has 4 rings (SSSR count). The van der Waals surface area contributed by atoms with Gasteiger partial charge in [0.2, 0.25) is 11.5 Å². The van der Waals surface area contributed by atoms with Gasteiger partial charge in [-0.1, -0.05) is 42.5 Å². The highest BCUT2D eigenvalue weighted by molar-refractivity contribution is 7.98. The molecule has 0 aliphatic carbocycles. The van der Waals surface area contributed by atoms with Gasteiger partial charge in [0.15, 0.2) is 0 Å². The van der Waals surface area contributed by atoms with Gasteiger partial charge in [0.25, 0.3) is 0 Å². The summed E-state index contributed by atoms with van der Waals surface area (Å²) in [6, 6.07) is 22.3. The van der Waals surface area contributed by atoms with E-state index in [9.17, 15) is 19.8 Å². The maximum absolute atomic E-state index is 12.6. The lowest BCUT2D eigenvalue weighted by molar-refractivity contribution is -0.120. The average molecular weight is 546 g/mol. The molecule has 0 unspecified atom stereocenters. The normalized spacial score (nSPS) is 12.4. The Bertz CT molecular complexity index is 1500. The van der Waals surface area contributed by atoms with E-state index >= 15 is 0 Å². The van der Waals surface area contributed by atoms with Gasteiger partial charge >= 0.3 is 0 Å². The van der Waals surface area contributed by atoms with E-state index in [1.165, 1.54) is 17.0 Å². The van der Waals surface area contributed by atoms with Gasteiger partial charge in [-0.3, -0.25) is 9.59 Å². The summed E-state index contributed by atoms with van der Waals surface area (Å²) in [5, 5.41) is 28.1. The molecule has 8 heteroatoms. The third-order valence-corrected chi connectivity index (χ3v) is 7.43. The van der Waals surface area contributed by atoms with E-state index in [0.29, 0.717) is 35.9 Å². The highest BCUT2D eigenvalue weighted by Crippen LogP contribution is 2.29. The summed E-state index contributed by atoms with van der Waals surface area (Å²) < 4.78 is 0. The lowest BCUT2D eigenvalue weighted by Crippen LogP contribution is -2.43. The molecule has 0 spiro atoms. The van der Waals surface area contributed by atoms with Crippen molar-refractivity contribution in [3.63, 3.8) is 0 Å². The Kier molecular flexibility index (Phi) is 9.12. The number of pyridine rings is 1. The molecule has 39 heavy (non-hydrogen) atoms. The molecule has 0 fully saturated rings. The van der Waals surface area contributed by atoms with Crippen molar-refractivity contribution in [2.24, 2.45) is 0 Å². The van der Waals surface area contributed by atoms with Gasteiger partial charge in [-0.2, -0.15) is 0 Å². The van der Waals surface area contributed by atoms with Crippen molar-refractivity contribution in [2.45, 2.75) is 49.8 Å². The minimum atomic E-state index is -0.842. The number of β-amino-alcohol motifs (C(OH)–C–C–N with tert-alkyl or cyclic N) is 1. The molecule has 0 radical (unpaired) electrons. The number of hydrogen-bond acceptors (Lipinski definition) is 6. The number of aliphatic hydroxyl groups excluding tert-OH is 1. The Balaban J connectivity index is 1.33. The quantitative estimate of drug-likeness (QED) is 0.178. The van der Waals surface area contributed by atoms with Crippen molar-refractivity contribution >= 4 is 28.6 Å². The zero-order chi connectivity index (χ0) is 28.0. The summed E-state index contributed by atoms with van der Waals surface area (Å²) in [6.07, 6.45) is 2.19. The number of carbonyl (C=O) groups is 1. The summed E-state index contributed by atoms with van der Waals surface area (Å²) in [7, 11) is 0. The van der Waals surface area contributed by atoms with Crippen molar-refractivity contribution in [1.82, 2.24) is 15.6 Å². The molecule has 0 saturated carbocycles. The lowest BCUT2D eigenvalue weighted by Gasteiger charge is -2.28. The molecule has 7 nitrogen and oxygen atoms in total. The number of aliphatic hydroxyl groups is 1. The van der Waals surface area contributed by atoms with Crippen LogP contribution in [0.15, 0.2) is 82.5 Å². The average Bonchev–Trinajstić information content (AvgIpc) is 2.91. The van der Waals surface area contributed by atoms with Crippen molar-refractivity contribution < 1.29 is 15.0 Å². The monoisotopic (exact) mass is 545 g/mol. The highest BCUT2D eigenvalue weighted by atomic mass is 32.2. The molecule has 0 aliphatic rings. The second kappa shape index (κ2) is 12.5. The van der Waals surface area contributed by atoms with Gasteiger partial charge in [0.05, 0.1) is 18.0 Å². The van der Waals surface area contributed by atoms with Crippen molar-refractivity contribution in [3.8, 4) is 5.75 Å². The number of H-pyrrole nitrogens is 1. The first-order valence-electron chi connectivity index (χ1n) is 12.9. The smallest absolute Gasteiger partial charge is 0.248 e. The van der Waals surface area contributed by atoms with Crippen LogP contribution in [0.1, 0.15) is 42.2 Å². The summed E-state index contributed by atoms with van der Waals surface area (Å²) >= 11 is 1.69. The van der Waals surface area contributed by atoms with Crippen LogP contribution in [0.25, 0.3) is 10.9 Å². The Labute approximate surface area is 232 Å². The van der Waals surface area contributed by atoms with E-state index in [1.54, 1.807) is 23.9 Å². The van der Waals surface area contributed by atoms with Gasteiger partial charge in [0, 0.05) is 35.0 Å². The van der Waals surface area contributed by atoms with Crippen LogP contribution in [-0.2, 0) is 24.2 Å². The molecule has 3 aromatic carbocycles. The number of thioether (sulfide) groups is 1. The van der Waals surface area contributed by atoms with E-state index in [-0.39, 0.29) is 29.3 Å². The fourth-order valence-corrected chi connectivity index (χ4v) is 5.06. The molecule has 1 atom stereocenters. The van der Waals surface area contributed by atoms with Gasteiger partial charge in [-0.25, -0.2) is 0 Å². The van der Waals surface area contributed by atoms with Crippen molar-refractivity contribution in [2.75, 3.05) is 12.8 Å². The van der Waals surface area contributed by atoms with Crippen LogP contribution in [0.3, 0.4) is 0 Å². The predicted octanol–water partition coefficient (Wildman–Crippen LogP) is 4.46. The Morgan fingerprint density at radius 3 is 2.49 bits per heavy atom. The number of benzene rings is 3. The van der Waals surface area contributed by atoms with E-state index in [1.807, 2.05) is 36.6 Å². The third kappa shape index (κ3) is 7.72. The third-order valence-electron chi connectivity index (χ3n) is 6.69. The number of fused-ring (bicyclic) bond motifs is 1. The van der Waals surface area contributed by atoms with Crippen LogP contribution in [0.5, 0.6) is 5.75 Å². The van der Waals surface area contributed by atoms with Gasteiger partial charge < -0.3 is 25.8 Å². The first-order chi connectivity index (χ1) is 18.6. The SMILES string of the molecule is CSc1ccc(CNC(=O)Cc2cccc(CC(C)(C)NC[C@H](O)c3ccc(O)c4[nH]c(=O)ccc34)c2)cc1. The van der Waals surface area contributed by atoms with Crippen LogP contribution in [0.4, 0.5) is 0 Å². The number of phenols is 1. The first-order valence-corrected chi connectivity index (χ1v) is 14.1. The van der Waals surface area contributed by atoms with Gasteiger partial charge in [-0.05, 0) is 73.0 Å². The fraction of sp³-hybridized carbons (Fsp3) is 0.290. The molecular formula is C31H35N3O4S. The number of nitrogens with one attached hydrogen (secondary N) is 3. The van der Waals surface area contributed by atoms with E-state index < -0.39 is 6.10 Å². The molecule has 5 N–H and O–H groups in total. The minimum Gasteiger partial charge on any atom is -0.506 e. The summed E-state index contributed by atoms with van der Waals surface area (Å²) in [6.45, 7) is 4.91. The Morgan fingerprint density at radius 1 is 1.00 bits per heavy atom. The highest BCUT2D eigenvalue weighted by Gasteiger charge is 2.21. The Morgan fingerprint density at radius 2 is 1.74 bits per heavy atom. The molecule has 0 saturated heterocycles. The molecule has 1 amide bonds. The number of aromatic amines is 1. The van der Waals surface area contributed by atoms with Crippen molar-refractivity contribution in [3.05, 3.63) is 105 Å². The molecule has 204 valence electrons. The maximum Gasteiger partial charge on any atom is 0.248 e. The zero-order valence-electron chi connectivity index (χ0n) is 22.5. The van der Waals surface area contributed by atoms with Crippen LogP contribution in [-0.4, -0.2) is 39.4 Å². The Hall–Kier alpha value is -3.59. The molecule has 1 aromatic heterocycles. The van der Waals surface area contributed by atoms with Gasteiger partial charge in [-0.15, -0.1) is 11.8 Å². The predicted molar refractivity (Wildman–Crippen MR) is 157 cm³/mol. The number of carbonyl (C=O) groups excluding carboxylic acids is 1. The number of amides is 1. The molecule has 1 heterocycles. The number of aromatic hydroxyl groups is 1. The number of aromatic nitrogens is 1. The van der Waals surface area contributed by atoms with Crippen LogP contribution in [0.2, 0.25) is 0 Å². The number of phenolic OH excluding ortho intramolecular Hbond substituents is 1. The molecular weight excluding hydrogens is 510 g/mol. The fourth-order valence-electron chi connectivity index (χ4n) is 4.65. The van der Waals surface area contributed by atoms with Crippen molar-refractivity contribution in [1.29, 1.82) is 0 Å². The second-order valence-electron chi connectivity index (χ2n) is 10.4. The van der Waals surface area contributed by atoms with Gasteiger partial charge in [0.1, 0.15) is 5.75 Å². The van der Waals surface area contributed by atoms with Crippen LogP contribution >= 0.6 is 11.8 Å². The van der Waals surface area contributed by atoms with E-state index in [4.69, 9.17) is 0 Å².